The van der Waals surface area contributed by atoms with Gasteiger partial charge in [-0.05, 0) is 25.7 Å². The lowest BCUT2D eigenvalue weighted by atomic mass is 10.1. The standard InChI is InChI=1S/C10H18N2/c1-11-6-10(7-11)12(8-2-3-8)9-4-5-9/h8-11H,1-7H2. The van der Waals surface area contributed by atoms with Crippen molar-refractivity contribution in [2.45, 2.75) is 43.8 Å². The summed E-state index contributed by atoms with van der Waals surface area (Å²) in [5.41, 5.74) is 0. The van der Waals surface area contributed by atoms with Crippen molar-refractivity contribution in [2.75, 3.05) is 13.1 Å². The van der Waals surface area contributed by atoms with Crippen LogP contribution in [0.2, 0.25) is 0 Å². The predicted molar refractivity (Wildman–Crippen MR) is 47.7 cm³/mol. The van der Waals surface area contributed by atoms with Crippen molar-refractivity contribution in [3.05, 3.63) is 7.05 Å². The molecule has 68 valence electrons. The molecule has 0 bridgehead atoms. The first-order valence-corrected chi connectivity index (χ1v) is 5.28. The molecular formula is C10H18N2. The summed E-state index contributed by atoms with van der Waals surface area (Å²) in [4.78, 5) is 4.29. The van der Waals surface area contributed by atoms with Gasteiger partial charge in [0, 0.05) is 12.1 Å². The Balaban J connectivity index is 1.62. The van der Waals surface area contributed by atoms with Crippen molar-refractivity contribution in [1.82, 2.24) is 4.90 Å². The Kier molecular flexibility index (Phi) is 1.50. The predicted octanol–water partition coefficient (Wildman–Crippen LogP) is -0.328. The largest absolute Gasteiger partial charge is 0.465 e. The van der Waals surface area contributed by atoms with Gasteiger partial charge in [-0.25, -0.2) is 0 Å². The molecule has 3 fully saturated rings. The van der Waals surface area contributed by atoms with Crippen LogP contribution in [0.4, 0.5) is 0 Å². The minimum atomic E-state index is 0.900. The maximum atomic E-state index is 4.03. The van der Waals surface area contributed by atoms with Gasteiger partial charge in [-0.15, -0.1) is 0 Å². The van der Waals surface area contributed by atoms with Crippen LogP contribution in [-0.2, 0) is 0 Å². The zero-order valence-corrected chi connectivity index (χ0v) is 7.63. The summed E-state index contributed by atoms with van der Waals surface area (Å²) in [5, 5.41) is 0. The van der Waals surface area contributed by atoms with E-state index in [1.807, 2.05) is 0 Å². The fourth-order valence-corrected chi connectivity index (χ4v) is 2.46. The molecule has 3 aliphatic rings. The van der Waals surface area contributed by atoms with Crippen molar-refractivity contribution in [3.63, 3.8) is 0 Å². The summed E-state index contributed by atoms with van der Waals surface area (Å²) in [6.07, 6.45) is 5.89. The summed E-state index contributed by atoms with van der Waals surface area (Å²) < 4.78 is 0. The molecule has 0 radical (unpaired) electrons. The molecule has 1 heterocycles. The zero-order valence-electron chi connectivity index (χ0n) is 7.63. The van der Waals surface area contributed by atoms with E-state index >= 15 is 0 Å². The van der Waals surface area contributed by atoms with Gasteiger partial charge in [0.1, 0.15) is 6.04 Å². The summed E-state index contributed by atoms with van der Waals surface area (Å²) in [6, 6.07) is 2.86. The second-order valence-corrected chi connectivity index (χ2v) is 4.72. The summed E-state index contributed by atoms with van der Waals surface area (Å²) in [7, 11) is 4.03. The second kappa shape index (κ2) is 2.46. The molecule has 0 amide bonds. The van der Waals surface area contributed by atoms with Crippen molar-refractivity contribution in [3.8, 4) is 0 Å². The minimum absolute atomic E-state index is 0.900. The lowest BCUT2D eigenvalue weighted by Gasteiger charge is -2.44. The van der Waals surface area contributed by atoms with Gasteiger partial charge < -0.3 is 4.90 Å². The van der Waals surface area contributed by atoms with Crippen molar-refractivity contribution in [2.24, 2.45) is 0 Å². The molecule has 1 saturated heterocycles. The maximum absolute atomic E-state index is 4.03. The number of hydrogen-bond acceptors (Lipinski definition) is 1. The van der Waals surface area contributed by atoms with Crippen LogP contribution < -0.4 is 4.90 Å². The minimum Gasteiger partial charge on any atom is -0.465 e. The maximum Gasteiger partial charge on any atom is 0.105 e. The molecule has 0 unspecified atom stereocenters. The molecule has 2 saturated carbocycles. The third-order valence-corrected chi connectivity index (χ3v) is 3.41. The number of nitrogens with one attached hydrogen (secondary N) is 1. The van der Waals surface area contributed by atoms with Crippen LogP contribution in [0.3, 0.4) is 0 Å². The van der Waals surface area contributed by atoms with Gasteiger partial charge in [0.05, 0.1) is 13.1 Å². The van der Waals surface area contributed by atoms with E-state index in [4.69, 9.17) is 0 Å². The molecule has 0 aromatic rings. The van der Waals surface area contributed by atoms with Crippen LogP contribution in [0.5, 0.6) is 0 Å². The molecule has 0 aromatic heterocycles. The Hall–Kier alpha value is -0.0800. The Morgan fingerprint density at radius 3 is 1.75 bits per heavy atom. The van der Waals surface area contributed by atoms with E-state index in [0.717, 1.165) is 18.1 Å². The first-order valence-electron chi connectivity index (χ1n) is 5.28. The molecular weight excluding hydrogens is 148 g/mol. The smallest absolute Gasteiger partial charge is 0.105 e. The number of nitrogens with zero attached hydrogens (tertiary/aromatic N) is 1. The van der Waals surface area contributed by atoms with Gasteiger partial charge in [-0.3, -0.25) is 4.90 Å². The van der Waals surface area contributed by atoms with Crippen LogP contribution in [0.15, 0.2) is 0 Å². The third-order valence-electron chi connectivity index (χ3n) is 3.41. The Morgan fingerprint density at radius 2 is 1.42 bits per heavy atom. The number of hydrogen-bond donors (Lipinski definition) is 1. The first-order chi connectivity index (χ1) is 5.84. The number of likely N-dealkylation sites (tertiary alicyclic amines) is 1. The fourth-order valence-electron chi connectivity index (χ4n) is 2.46. The molecule has 1 aliphatic heterocycles. The van der Waals surface area contributed by atoms with Gasteiger partial charge in [0.15, 0.2) is 0 Å². The highest BCUT2D eigenvalue weighted by Gasteiger charge is 2.46. The third kappa shape index (κ3) is 1.17. The highest BCUT2D eigenvalue weighted by molar-refractivity contribution is 4.98. The Bertz CT molecular complexity index is 166. The monoisotopic (exact) mass is 166 g/mol. The van der Waals surface area contributed by atoms with E-state index in [9.17, 15) is 0 Å². The van der Waals surface area contributed by atoms with Gasteiger partial charge in [0.2, 0.25) is 0 Å². The normalized spacial score (nSPS) is 41.5. The van der Waals surface area contributed by atoms with Crippen molar-refractivity contribution < 1.29 is 4.90 Å². The first kappa shape index (κ1) is 7.34. The van der Waals surface area contributed by atoms with Crippen LogP contribution in [-0.4, -0.2) is 36.1 Å². The van der Waals surface area contributed by atoms with E-state index in [1.165, 1.54) is 43.7 Å². The zero-order chi connectivity index (χ0) is 8.13. The lowest BCUT2D eigenvalue weighted by Crippen LogP contribution is -3.18. The van der Waals surface area contributed by atoms with E-state index in [1.54, 1.807) is 0 Å². The van der Waals surface area contributed by atoms with Gasteiger partial charge in [-0.2, -0.15) is 7.05 Å². The summed E-state index contributed by atoms with van der Waals surface area (Å²) >= 11 is 0. The quantitative estimate of drug-likeness (QED) is 0.564. The topological polar surface area (TPSA) is 7.68 Å². The molecule has 3 rings (SSSR count). The van der Waals surface area contributed by atoms with Crippen LogP contribution in [0.1, 0.15) is 25.7 Å². The van der Waals surface area contributed by atoms with E-state index in [-0.39, 0.29) is 0 Å². The van der Waals surface area contributed by atoms with Crippen LogP contribution in [0.25, 0.3) is 0 Å². The van der Waals surface area contributed by atoms with E-state index in [0.29, 0.717) is 0 Å². The average molecular weight is 166 g/mol. The Labute approximate surface area is 74.5 Å². The van der Waals surface area contributed by atoms with Crippen molar-refractivity contribution >= 4 is 0 Å². The molecule has 12 heavy (non-hydrogen) atoms. The summed E-state index contributed by atoms with van der Waals surface area (Å²) in [5.74, 6) is 0. The fraction of sp³-hybridized carbons (Fsp3) is 0.900. The van der Waals surface area contributed by atoms with Gasteiger partial charge >= 0.3 is 0 Å². The second-order valence-electron chi connectivity index (χ2n) is 4.72. The lowest BCUT2D eigenvalue weighted by molar-refractivity contribution is -0.902. The van der Waals surface area contributed by atoms with Crippen LogP contribution in [0, 0.1) is 7.05 Å². The highest BCUT2D eigenvalue weighted by atomic mass is 15.3. The molecule has 2 aliphatic carbocycles. The molecule has 0 aromatic carbocycles. The van der Waals surface area contributed by atoms with Crippen LogP contribution >= 0.6 is 0 Å². The molecule has 2 heteroatoms. The molecule has 2 nitrogen and oxygen atoms in total. The molecule has 0 spiro atoms. The average Bonchev–Trinajstić information content (AvgIpc) is 2.80. The SMILES string of the molecule is [CH2-][NH+]1CC(N(C2CC2)C2CC2)C1. The summed E-state index contributed by atoms with van der Waals surface area (Å²) in [6.45, 7) is 2.60. The van der Waals surface area contributed by atoms with E-state index < -0.39 is 0 Å². The number of rotatable bonds is 3. The van der Waals surface area contributed by atoms with E-state index in [2.05, 4.69) is 11.9 Å². The Morgan fingerprint density at radius 1 is 0.917 bits per heavy atom. The highest BCUT2D eigenvalue weighted by Crippen LogP contribution is 2.38. The number of quaternary nitrogens is 1. The van der Waals surface area contributed by atoms with Gasteiger partial charge in [0.25, 0.3) is 0 Å². The van der Waals surface area contributed by atoms with Gasteiger partial charge in [-0.1, -0.05) is 0 Å². The molecule has 1 N–H and O–H groups in total. The van der Waals surface area contributed by atoms with Crippen molar-refractivity contribution in [1.29, 1.82) is 0 Å². The molecule has 0 atom stereocenters.